The van der Waals surface area contributed by atoms with Crippen LogP contribution < -0.4 is 14.8 Å². The van der Waals surface area contributed by atoms with Gasteiger partial charge in [-0.3, -0.25) is 9.59 Å². The molecule has 4 rings (SSSR count). The minimum Gasteiger partial charge on any atom is -0.494 e. The van der Waals surface area contributed by atoms with Gasteiger partial charge in [0.25, 0.3) is 5.91 Å². The molecule has 1 saturated heterocycles. The number of hydrogen-bond acceptors (Lipinski definition) is 4. The zero-order valence-electron chi connectivity index (χ0n) is 17.6. The maximum absolute atomic E-state index is 12.8. The molecular weight excluding hydrogens is 380 g/mol. The summed E-state index contributed by atoms with van der Waals surface area (Å²) in [4.78, 5) is 26.5. The summed E-state index contributed by atoms with van der Waals surface area (Å²) in [5.74, 6) is 1.69. The fourth-order valence-corrected chi connectivity index (χ4v) is 4.09. The number of fused-ring (bicyclic) bond motifs is 1. The molecule has 0 unspecified atom stereocenters. The van der Waals surface area contributed by atoms with Gasteiger partial charge in [-0.1, -0.05) is 12.1 Å². The summed E-state index contributed by atoms with van der Waals surface area (Å²) in [6, 6.07) is 11.5. The van der Waals surface area contributed by atoms with Gasteiger partial charge in [0.15, 0.2) is 0 Å². The maximum atomic E-state index is 12.8. The smallest absolute Gasteiger partial charge is 0.251 e. The molecule has 2 heterocycles. The van der Waals surface area contributed by atoms with E-state index in [4.69, 9.17) is 9.47 Å². The highest BCUT2D eigenvalue weighted by Crippen LogP contribution is 2.35. The van der Waals surface area contributed by atoms with Crippen molar-refractivity contribution in [3.63, 3.8) is 0 Å². The van der Waals surface area contributed by atoms with Gasteiger partial charge in [0.1, 0.15) is 17.6 Å². The molecule has 1 fully saturated rings. The van der Waals surface area contributed by atoms with Gasteiger partial charge in [-0.25, -0.2) is 0 Å². The number of hydrogen-bond donors (Lipinski definition) is 1. The molecule has 1 N–H and O–H groups in total. The van der Waals surface area contributed by atoms with Gasteiger partial charge >= 0.3 is 0 Å². The first-order valence-corrected chi connectivity index (χ1v) is 10.6. The topological polar surface area (TPSA) is 67.9 Å². The zero-order chi connectivity index (χ0) is 21.1. The van der Waals surface area contributed by atoms with E-state index in [1.165, 1.54) is 0 Å². The summed E-state index contributed by atoms with van der Waals surface area (Å²) in [6.07, 6.45) is 2.55. The first kappa shape index (κ1) is 20.3. The van der Waals surface area contributed by atoms with Crippen molar-refractivity contribution < 1.29 is 19.1 Å². The average Bonchev–Trinajstić information content (AvgIpc) is 3.30. The molecule has 0 saturated carbocycles. The number of rotatable bonds is 7. The first-order valence-electron chi connectivity index (χ1n) is 10.6. The van der Waals surface area contributed by atoms with Crippen LogP contribution in [0.2, 0.25) is 0 Å². The van der Waals surface area contributed by atoms with Crippen molar-refractivity contribution in [2.45, 2.75) is 52.3 Å². The molecule has 0 radical (unpaired) electrons. The Morgan fingerprint density at radius 1 is 1.30 bits per heavy atom. The average molecular weight is 408 g/mol. The Balaban J connectivity index is 1.44. The normalized spacial score (nSPS) is 17.6. The van der Waals surface area contributed by atoms with Crippen LogP contribution in [-0.4, -0.2) is 36.0 Å². The van der Waals surface area contributed by atoms with E-state index in [9.17, 15) is 9.59 Å². The lowest BCUT2D eigenvalue weighted by atomic mass is 10.1. The van der Waals surface area contributed by atoms with E-state index < -0.39 is 0 Å². The molecule has 2 aromatic rings. The minimum absolute atomic E-state index is 0.151. The minimum atomic E-state index is -0.151. The standard InChI is InChI=1S/C24H28N2O4/c1-3-29-21-12-19-10-16(2)30-22(19)13-20(21)14-25-24(28)18-7-4-6-17(11-18)15-26-9-5-8-23(26)27/h4,6-7,11-13,16H,3,5,8-10,14-15H2,1-2H3,(H,25,28)/t16-/m0/s1. The van der Waals surface area contributed by atoms with E-state index in [0.717, 1.165) is 47.6 Å². The summed E-state index contributed by atoms with van der Waals surface area (Å²) in [5.41, 5.74) is 3.60. The van der Waals surface area contributed by atoms with Crippen LogP contribution in [0.4, 0.5) is 0 Å². The molecule has 0 spiro atoms. The van der Waals surface area contributed by atoms with Crippen LogP contribution in [-0.2, 0) is 24.3 Å². The van der Waals surface area contributed by atoms with Crippen molar-refractivity contribution in [1.29, 1.82) is 0 Å². The highest BCUT2D eigenvalue weighted by atomic mass is 16.5. The van der Waals surface area contributed by atoms with Gasteiger partial charge in [0.2, 0.25) is 5.91 Å². The van der Waals surface area contributed by atoms with E-state index >= 15 is 0 Å². The summed E-state index contributed by atoms with van der Waals surface area (Å²) in [5, 5.41) is 2.99. The van der Waals surface area contributed by atoms with Crippen LogP contribution in [0, 0.1) is 0 Å². The number of amides is 2. The molecule has 0 bridgehead atoms. The van der Waals surface area contributed by atoms with Gasteiger partial charge in [0, 0.05) is 49.2 Å². The fraction of sp³-hybridized carbons (Fsp3) is 0.417. The van der Waals surface area contributed by atoms with E-state index in [0.29, 0.717) is 31.7 Å². The second-order valence-corrected chi connectivity index (χ2v) is 7.94. The molecule has 6 nitrogen and oxygen atoms in total. The van der Waals surface area contributed by atoms with Gasteiger partial charge in [-0.2, -0.15) is 0 Å². The summed E-state index contributed by atoms with van der Waals surface area (Å²) < 4.78 is 11.7. The van der Waals surface area contributed by atoms with E-state index in [1.54, 1.807) is 6.07 Å². The van der Waals surface area contributed by atoms with E-state index in [2.05, 4.69) is 5.32 Å². The number of carbonyl (C=O) groups excluding carboxylic acids is 2. The van der Waals surface area contributed by atoms with Crippen LogP contribution in [0.1, 0.15) is 53.7 Å². The molecule has 2 aliphatic rings. The Morgan fingerprint density at radius 2 is 2.17 bits per heavy atom. The first-order chi connectivity index (χ1) is 14.5. The summed E-state index contributed by atoms with van der Waals surface area (Å²) >= 11 is 0. The second-order valence-electron chi connectivity index (χ2n) is 7.94. The number of nitrogens with zero attached hydrogens (tertiary/aromatic N) is 1. The van der Waals surface area contributed by atoms with E-state index in [-0.39, 0.29) is 17.9 Å². The predicted octanol–water partition coefficient (Wildman–Crippen LogP) is 3.46. The van der Waals surface area contributed by atoms with Crippen molar-refractivity contribution in [1.82, 2.24) is 10.2 Å². The molecule has 6 heteroatoms. The summed E-state index contributed by atoms with van der Waals surface area (Å²) in [6.45, 7) is 6.25. The molecule has 0 aromatic heterocycles. The van der Waals surface area contributed by atoms with Gasteiger partial charge in [-0.15, -0.1) is 0 Å². The van der Waals surface area contributed by atoms with Gasteiger partial charge < -0.3 is 19.7 Å². The highest BCUT2D eigenvalue weighted by molar-refractivity contribution is 5.94. The van der Waals surface area contributed by atoms with Crippen molar-refractivity contribution in [2.24, 2.45) is 0 Å². The largest absolute Gasteiger partial charge is 0.494 e. The lowest BCUT2D eigenvalue weighted by Crippen LogP contribution is -2.25. The van der Waals surface area contributed by atoms with Crippen LogP contribution in [0.5, 0.6) is 11.5 Å². The molecular formula is C24H28N2O4. The Hall–Kier alpha value is -3.02. The number of benzene rings is 2. The Bertz CT molecular complexity index is 956. The van der Waals surface area contributed by atoms with Crippen LogP contribution >= 0.6 is 0 Å². The molecule has 30 heavy (non-hydrogen) atoms. The molecule has 2 amide bonds. The fourth-order valence-electron chi connectivity index (χ4n) is 4.09. The molecule has 2 aliphatic heterocycles. The third kappa shape index (κ3) is 4.42. The van der Waals surface area contributed by atoms with Gasteiger partial charge in [0.05, 0.1) is 6.61 Å². The maximum Gasteiger partial charge on any atom is 0.251 e. The second kappa shape index (κ2) is 8.78. The van der Waals surface area contributed by atoms with Crippen LogP contribution in [0.3, 0.4) is 0 Å². The number of carbonyl (C=O) groups is 2. The lowest BCUT2D eigenvalue weighted by molar-refractivity contribution is -0.128. The number of ether oxygens (including phenoxy) is 2. The van der Waals surface area contributed by atoms with Crippen LogP contribution in [0.15, 0.2) is 36.4 Å². The lowest BCUT2D eigenvalue weighted by Gasteiger charge is -2.16. The Kier molecular flexibility index (Phi) is 5.93. The third-order valence-corrected chi connectivity index (χ3v) is 5.55. The molecule has 2 aromatic carbocycles. The Labute approximate surface area is 177 Å². The third-order valence-electron chi connectivity index (χ3n) is 5.55. The Morgan fingerprint density at radius 3 is 2.93 bits per heavy atom. The summed E-state index contributed by atoms with van der Waals surface area (Å²) in [7, 11) is 0. The monoisotopic (exact) mass is 408 g/mol. The molecule has 158 valence electrons. The van der Waals surface area contributed by atoms with Crippen molar-refractivity contribution in [3.8, 4) is 11.5 Å². The molecule has 1 atom stereocenters. The van der Waals surface area contributed by atoms with E-state index in [1.807, 2.05) is 49.1 Å². The van der Waals surface area contributed by atoms with Gasteiger partial charge in [-0.05, 0) is 50.1 Å². The van der Waals surface area contributed by atoms with Crippen molar-refractivity contribution >= 4 is 11.8 Å². The highest BCUT2D eigenvalue weighted by Gasteiger charge is 2.23. The van der Waals surface area contributed by atoms with Crippen molar-refractivity contribution in [3.05, 3.63) is 58.7 Å². The van der Waals surface area contributed by atoms with Crippen LogP contribution in [0.25, 0.3) is 0 Å². The van der Waals surface area contributed by atoms with Crippen molar-refractivity contribution in [2.75, 3.05) is 13.2 Å². The number of likely N-dealkylation sites (tertiary alicyclic amines) is 1. The predicted molar refractivity (Wildman–Crippen MR) is 114 cm³/mol. The SMILES string of the molecule is CCOc1cc2c(cc1CNC(=O)c1cccc(CN3CCCC3=O)c1)O[C@@H](C)C2. The number of nitrogens with one attached hydrogen (secondary N) is 1. The zero-order valence-corrected chi connectivity index (χ0v) is 17.6. The quantitative estimate of drug-likeness (QED) is 0.762. The molecule has 0 aliphatic carbocycles.